The number of carbonyl (C=O) groups is 3. The van der Waals surface area contributed by atoms with E-state index in [4.69, 9.17) is 4.42 Å². The Morgan fingerprint density at radius 2 is 2.00 bits per heavy atom. The minimum atomic E-state index is -1.01. The van der Waals surface area contributed by atoms with Gasteiger partial charge in [-0.1, -0.05) is 12.8 Å². The third-order valence-electron chi connectivity index (χ3n) is 4.76. The maximum atomic E-state index is 13.0. The van der Waals surface area contributed by atoms with Crippen LogP contribution in [0.3, 0.4) is 0 Å². The maximum Gasteiger partial charge on any atom is 0.326 e. The van der Waals surface area contributed by atoms with E-state index in [1.807, 2.05) is 0 Å². The molecule has 2 aliphatic rings. The number of nitrogens with zero attached hydrogens (tertiary/aromatic N) is 1. The first-order valence-corrected chi connectivity index (χ1v) is 7.93. The van der Waals surface area contributed by atoms with E-state index < -0.39 is 23.5 Å². The molecule has 1 saturated heterocycles. The van der Waals surface area contributed by atoms with E-state index in [1.54, 1.807) is 12.1 Å². The minimum absolute atomic E-state index is 0.153. The summed E-state index contributed by atoms with van der Waals surface area (Å²) in [6.07, 6.45) is 5.25. The van der Waals surface area contributed by atoms with Crippen molar-refractivity contribution in [2.75, 3.05) is 6.54 Å². The van der Waals surface area contributed by atoms with E-state index in [9.17, 15) is 19.5 Å². The number of hydrogen-bond acceptors (Lipinski definition) is 4. The van der Waals surface area contributed by atoms with Crippen molar-refractivity contribution >= 4 is 17.8 Å². The number of amides is 2. The van der Waals surface area contributed by atoms with Crippen LogP contribution in [0.5, 0.6) is 0 Å². The number of carbonyl (C=O) groups excluding carboxylic acids is 2. The molecule has 124 valence electrons. The number of carboxylic acids is 1. The van der Waals surface area contributed by atoms with Gasteiger partial charge in [-0.05, 0) is 37.8 Å². The molecule has 7 nitrogen and oxygen atoms in total. The smallest absolute Gasteiger partial charge is 0.326 e. The fourth-order valence-corrected chi connectivity index (χ4v) is 3.60. The van der Waals surface area contributed by atoms with Crippen LogP contribution in [0.4, 0.5) is 0 Å². The summed E-state index contributed by atoms with van der Waals surface area (Å²) in [5.41, 5.74) is -1.01. The van der Waals surface area contributed by atoms with E-state index >= 15 is 0 Å². The van der Waals surface area contributed by atoms with E-state index in [0.717, 1.165) is 12.8 Å². The Kier molecular flexibility index (Phi) is 4.11. The van der Waals surface area contributed by atoms with Crippen molar-refractivity contribution in [1.82, 2.24) is 10.2 Å². The topological polar surface area (TPSA) is 99.9 Å². The number of likely N-dealkylation sites (tertiary alicyclic amines) is 1. The lowest BCUT2D eigenvalue weighted by molar-refractivity contribution is -0.150. The number of carboxylic acid groups (broad SMARTS) is 1. The van der Waals surface area contributed by atoms with Crippen molar-refractivity contribution in [2.45, 2.75) is 50.1 Å². The highest BCUT2D eigenvalue weighted by molar-refractivity contribution is 5.98. The summed E-state index contributed by atoms with van der Waals surface area (Å²) in [4.78, 5) is 38.1. The predicted octanol–water partition coefficient (Wildman–Crippen LogP) is 1.40. The summed E-state index contributed by atoms with van der Waals surface area (Å²) < 4.78 is 5.08. The standard InChI is InChI=1S/C16H20N2O5/c19-13(12-6-4-10-23-12)17-16(7-1-2-8-16)15(22)18-9-3-5-11(18)14(20)21/h4,6,10-11H,1-3,5,7-9H2,(H,17,19)(H,20,21). The molecular formula is C16H20N2O5. The van der Waals surface area contributed by atoms with Crippen molar-refractivity contribution in [2.24, 2.45) is 0 Å². The summed E-state index contributed by atoms with van der Waals surface area (Å²) in [7, 11) is 0. The van der Waals surface area contributed by atoms with Crippen molar-refractivity contribution in [3.8, 4) is 0 Å². The molecular weight excluding hydrogens is 300 g/mol. The average molecular weight is 320 g/mol. The summed E-state index contributed by atoms with van der Waals surface area (Å²) in [5, 5.41) is 12.1. The lowest BCUT2D eigenvalue weighted by Gasteiger charge is -2.34. The van der Waals surface area contributed by atoms with Gasteiger partial charge in [-0.2, -0.15) is 0 Å². The Balaban J connectivity index is 1.81. The molecule has 1 aromatic rings. The highest BCUT2D eigenvalue weighted by Crippen LogP contribution is 2.34. The second-order valence-electron chi connectivity index (χ2n) is 6.22. The lowest BCUT2D eigenvalue weighted by Crippen LogP contribution is -2.59. The van der Waals surface area contributed by atoms with Gasteiger partial charge in [0.1, 0.15) is 11.6 Å². The molecule has 1 atom stereocenters. The van der Waals surface area contributed by atoms with E-state index in [-0.39, 0.29) is 11.7 Å². The van der Waals surface area contributed by atoms with Crippen LogP contribution in [0, 0.1) is 0 Å². The molecule has 7 heteroatoms. The normalized spacial score (nSPS) is 23.0. The first-order valence-electron chi connectivity index (χ1n) is 7.93. The SMILES string of the molecule is O=C(NC1(C(=O)N2CCCC2C(=O)O)CCCC1)c1ccco1. The van der Waals surface area contributed by atoms with Crippen LogP contribution in [0.2, 0.25) is 0 Å². The molecule has 0 radical (unpaired) electrons. The second-order valence-corrected chi connectivity index (χ2v) is 6.22. The van der Waals surface area contributed by atoms with Crippen LogP contribution < -0.4 is 5.32 Å². The quantitative estimate of drug-likeness (QED) is 0.873. The van der Waals surface area contributed by atoms with E-state index in [2.05, 4.69) is 5.32 Å². The molecule has 1 aromatic heterocycles. The first-order chi connectivity index (χ1) is 11.0. The first kappa shape index (κ1) is 15.6. The minimum Gasteiger partial charge on any atom is -0.480 e. The van der Waals surface area contributed by atoms with Gasteiger partial charge >= 0.3 is 5.97 Å². The zero-order valence-electron chi connectivity index (χ0n) is 12.8. The molecule has 2 fully saturated rings. The molecule has 0 aromatic carbocycles. The van der Waals surface area contributed by atoms with Gasteiger partial charge in [-0.3, -0.25) is 9.59 Å². The Morgan fingerprint density at radius 1 is 1.26 bits per heavy atom. The molecule has 2 amide bonds. The Morgan fingerprint density at radius 3 is 2.61 bits per heavy atom. The number of furan rings is 1. The summed E-state index contributed by atoms with van der Waals surface area (Å²) in [6.45, 7) is 0.425. The molecule has 2 N–H and O–H groups in total. The number of rotatable bonds is 4. The van der Waals surface area contributed by atoms with Crippen molar-refractivity contribution in [1.29, 1.82) is 0 Å². The van der Waals surface area contributed by atoms with E-state index in [1.165, 1.54) is 11.2 Å². The van der Waals surface area contributed by atoms with Gasteiger partial charge in [0, 0.05) is 6.54 Å². The second kappa shape index (κ2) is 6.06. The van der Waals surface area contributed by atoms with Crippen LogP contribution >= 0.6 is 0 Å². The lowest BCUT2D eigenvalue weighted by atomic mass is 9.94. The highest BCUT2D eigenvalue weighted by atomic mass is 16.4. The number of nitrogens with one attached hydrogen (secondary N) is 1. The predicted molar refractivity (Wildman–Crippen MR) is 79.7 cm³/mol. The molecule has 0 bridgehead atoms. The van der Waals surface area contributed by atoms with Crippen molar-refractivity contribution in [3.05, 3.63) is 24.2 Å². The summed E-state index contributed by atoms with van der Waals surface area (Å²) >= 11 is 0. The van der Waals surface area contributed by atoms with Crippen molar-refractivity contribution < 1.29 is 23.9 Å². The molecule has 23 heavy (non-hydrogen) atoms. The van der Waals surface area contributed by atoms with Gasteiger partial charge in [0.2, 0.25) is 5.91 Å². The summed E-state index contributed by atoms with van der Waals surface area (Å²) in [6, 6.07) is 2.36. The summed E-state index contributed by atoms with van der Waals surface area (Å²) in [5.74, 6) is -1.54. The van der Waals surface area contributed by atoms with E-state index in [0.29, 0.717) is 32.2 Å². The Labute approximate surface area is 133 Å². The average Bonchev–Trinajstić information content (AvgIpc) is 3.27. The van der Waals surface area contributed by atoms with Gasteiger partial charge in [0.05, 0.1) is 6.26 Å². The molecule has 1 aliphatic heterocycles. The molecule has 2 heterocycles. The maximum absolute atomic E-state index is 13.0. The zero-order valence-corrected chi connectivity index (χ0v) is 12.8. The van der Waals surface area contributed by atoms with Gasteiger partial charge in [-0.15, -0.1) is 0 Å². The molecule has 1 saturated carbocycles. The fourth-order valence-electron chi connectivity index (χ4n) is 3.60. The molecule has 1 unspecified atom stereocenters. The third-order valence-corrected chi connectivity index (χ3v) is 4.76. The third kappa shape index (κ3) is 2.83. The monoisotopic (exact) mass is 320 g/mol. The highest BCUT2D eigenvalue weighted by Gasteiger charge is 2.48. The van der Waals surface area contributed by atoms with Gasteiger partial charge in [0.15, 0.2) is 5.76 Å². The van der Waals surface area contributed by atoms with Crippen LogP contribution in [0.1, 0.15) is 49.1 Å². The van der Waals surface area contributed by atoms with Gasteiger partial charge < -0.3 is 19.7 Å². The Bertz CT molecular complexity index is 604. The number of hydrogen-bond donors (Lipinski definition) is 2. The zero-order chi connectivity index (χ0) is 16.4. The van der Waals surface area contributed by atoms with Crippen LogP contribution in [0.25, 0.3) is 0 Å². The van der Waals surface area contributed by atoms with Crippen LogP contribution in [-0.2, 0) is 9.59 Å². The van der Waals surface area contributed by atoms with Crippen LogP contribution in [-0.4, -0.2) is 45.9 Å². The number of aliphatic carboxylic acids is 1. The Hall–Kier alpha value is -2.31. The van der Waals surface area contributed by atoms with Crippen molar-refractivity contribution in [3.63, 3.8) is 0 Å². The fraction of sp³-hybridized carbons (Fsp3) is 0.562. The molecule has 3 rings (SSSR count). The van der Waals surface area contributed by atoms with Gasteiger partial charge in [0.25, 0.3) is 5.91 Å². The van der Waals surface area contributed by atoms with Gasteiger partial charge in [-0.25, -0.2) is 4.79 Å². The molecule has 0 spiro atoms. The largest absolute Gasteiger partial charge is 0.480 e. The van der Waals surface area contributed by atoms with Crippen LogP contribution in [0.15, 0.2) is 22.8 Å². The molecule has 1 aliphatic carbocycles.